The summed E-state index contributed by atoms with van der Waals surface area (Å²) in [5.74, 6) is -3.03. The van der Waals surface area contributed by atoms with Crippen molar-refractivity contribution in [3.63, 3.8) is 0 Å². The van der Waals surface area contributed by atoms with Gasteiger partial charge in [0.05, 0.1) is 19.3 Å². The molecule has 0 amide bonds. The first-order chi connectivity index (χ1) is 14.3. The van der Waals surface area contributed by atoms with E-state index < -0.39 is 23.8 Å². The van der Waals surface area contributed by atoms with Crippen LogP contribution in [0, 0.1) is 11.8 Å². The number of carbonyl (C=O) groups excluding carboxylic acids is 3. The molecule has 1 heterocycles. The van der Waals surface area contributed by atoms with Gasteiger partial charge in [-0.05, 0) is 43.4 Å². The van der Waals surface area contributed by atoms with Gasteiger partial charge < -0.3 is 14.8 Å². The molecule has 160 valence electrons. The molecule has 7 heteroatoms. The summed E-state index contributed by atoms with van der Waals surface area (Å²) >= 11 is 3.48. The molecule has 3 atom stereocenters. The Bertz CT molecular complexity index is 949. The van der Waals surface area contributed by atoms with Gasteiger partial charge in [0.25, 0.3) is 0 Å². The van der Waals surface area contributed by atoms with Crippen LogP contribution >= 0.6 is 15.9 Å². The van der Waals surface area contributed by atoms with Crippen LogP contribution in [0.4, 0.5) is 0 Å². The number of carbonyl (C=O) groups is 3. The largest absolute Gasteiger partial charge is 0.468 e. The van der Waals surface area contributed by atoms with E-state index in [1.54, 1.807) is 0 Å². The Balaban J connectivity index is 2.16. The van der Waals surface area contributed by atoms with Crippen LogP contribution in [-0.2, 0) is 23.9 Å². The van der Waals surface area contributed by atoms with Gasteiger partial charge in [-0.15, -0.1) is 0 Å². The fourth-order valence-corrected chi connectivity index (χ4v) is 4.66. The number of nitrogens with one attached hydrogen (secondary N) is 1. The minimum atomic E-state index is -0.892. The first kappa shape index (κ1) is 22.3. The molecule has 0 bridgehead atoms. The number of dihydropyridines is 1. The van der Waals surface area contributed by atoms with Crippen molar-refractivity contribution in [1.82, 2.24) is 5.32 Å². The van der Waals surface area contributed by atoms with E-state index in [4.69, 9.17) is 9.47 Å². The molecule has 3 rings (SSSR count). The molecule has 0 fully saturated rings. The summed E-state index contributed by atoms with van der Waals surface area (Å²) in [6.45, 7) is 5.90. The fraction of sp³-hybridized carbons (Fsp3) is 0.435. The second-order valence-corrected chi connectivity index (χ2v) is 8.64. The molecule has 1 aliphatic heterocycles. The zero-order valence-corrected chi connectivity index (χ0v) is 19.2. The highest BCUT2D eigenvalue weighted by molar-refractivity contribution is 9.10. The Morgan fingerprint density at radius 3 is 2.67 bits per heavy atom. The number of ketones is 1. The standard InChI is InChI=1S/C23H26BrNO5/c1-5-9-30-23(28)18-13(3)25-16-10-12(2)17(22(27)29-4)21(26)20(16)19(18)14-7-6-8-15(24)11-14/h6-8,11-12,17,19,25H,5,9-10H2,1-4H3/t12-,17-,19+/m0/s1. The van der Waals surface area contributed by atoms with E-state index >= 15 is 0 Å². The first-order valence-electron chi connectivity index (χ1n) is 10.1. The Hall–Kier alpha value is -2.41. The van der Waals surface area contributed by atoms with Gasteiger partial charge in [0, 0.05) is 27.4 Å². The number of hydrogen-bond donors (Lipinski definition) is 1. The molecule has 0 aromatic heterocycles. The Morgan fingerprint density at radius 2 is 2.03 bits per heavy atom. The molecule has 2 aliphatic rings. The van der Waals surface area contributed by atoms with Crippen LogP contribution in [0.15, 0.2) is 51.3 Å². The van der Waals surface area contributed by atoms with Crippen molar-refractivity contribution in [3.8, 4) is 0 Å². The molecular weight excluding hydrogens is 450 g/mol. The Morgan fingerprint density at radius 1 is 1.30 bits per heavy atom. The van der Waals surface area contributed by atoms with Crippen molar-refractivity contribution in [2.24, 2.45) is 11.8 Å². The molecule has 6 nitrogen and oxygen atoms in total. The summed E-state index contributed by atoms with van der Waals surface area (Å²) in [6, 6.07) is 7.51. The molecule has 1 aromatic carbocycles. The third-order valence-electron chi connectivity index (χ3n) is 5.58. The third kappa shape index (κ3) is 4.08. The summed E-state index contributed by atoms with van der Waals surface area (Å²) in [5.41, 5.74) is 3.04. The van der Waals surface area contributed by atoms with E-state index in [0.717, 1.165) is 15.7 Å². The van der Waals surface area contributed by atoms with Crippen LogP contribution in [0.3, 0.4) is 0 Å². The van der Waals surface area contributed by atoms with Crippen LogP contribution in [0.5, 0.6) is 0 Å². The van der Waals surface area contributed by atoms with Crippen molar-refractivity contribution < 1.29 is 23.9 Å². The molecule has 1 N–H and O–H groups in total. The molecule has 0 saturated heterocycles. The predicted molar refractivity (Wildman–Crippen MR) is 115 cm³/mol. The average molecular weight is 476 g/mol. The molecule has 0 saturated carbocycles. The maximum Gasteiger partial charge on any atom is 0.336 e. The second-order valence-electron chi connectivity index (χ2n) is 7.73. The number of esters is 2. The average Bonchev–Trinajstić information content (AvgIpc) is 2.70. The number of rotatable bonds is 5. The van der Waals surface area contributed by atoms with Crippen molar-refractivity contribution >= 4 is 33.7 Å². The summed E-state index contributed by atoms with van der Waals surface area (Å²) in [5, 5.41) is 3.25. The topological polar surface area (TPSA) is 81.7 Å². The van der Waals surface area contributed by atoms with Crippen LogP contribution in [0.25, 0.3) is 0 Å². The van der Waals surface area contributed by atoms with Crippen molar-refractivity contribution in [2.75, 3.05) is 13.7 Å². The van der Waals surface area contributed by atoms with Gasteiger partial charge >= 0.3 is 11.9 Å². The maximum atomic E-state index is 13.5. The second kappa shape index (κ2) is 9.16. The number of allylic oxidation sites excluding steroid dienone is 3. The maximum absolute atomic E-state index is 13.5. The van der Waals surface area contributed by atoms with Gasteiger partial charge in [-0.2, -0.15) is 0 Å². The van der Waals surface area contributed by atoms with Crippen LogP contribution in [0.1, 0.15) is 45.1 Å². The molecular formula is C23H26BrNO5. The molecule has 0 spiro atoms. The highest BCUT2D eigenvalue weighted by Gasteiger charge is 2.47. The van der Waals surface area contributed by atoms with Crippen LogP contribution in [0.2, 0.25) is 0 Å². The minimum absolute atomic E-state index is 0.208. The number of halogens is 1. The molecule has 0 radical (unpaired) electrons. The molecule has 0 unspecified atom stereocenters. The molecule has 1 aliphatic carbocycles. The summed E-state index contributed by atoms with van der Waals surface area (Å²) in [7, 11) is 1.29. The normalized spacial score (nSPS) is 23.6. The van der Waals surface area contributed by atoms with Gasteiger partial charge in [-0.1, -0.05) is 41.9 Å². The lowest BCUT2D eigenvalue weighted by Crippen LogP contribution is -2.43. The number of hydrogen-bond acceptors (Lipinski definition) is 6. The van der Waals surface area contributed by atoms with Crippen LogP contribution in [-0.4, -0.2) is 31.4 Å². The van der Waals surface area contributed by atoms with E-state index in [2.05, 4.69) is 21.2 Å². The zero-order valence-electron chi connectivity index (χ0n) is 17.6. The SMILES string of the molecule is CCCOC(=O)C1=C(C)NC2=C(C(=O)[C@@H](C(=O)OC)[C@@H](C)C2)[C@@H]1c1cccc(Br)c1. The number of Topliss-reactive ketones (excluding diaryl/α,β-unsaturated/α-hetero) is 1. The number of benzene rings is 1. The summed E-state index contributed by atoms with van der Waals surface area (Å²) in [6.07, 6.45) is 1.21. The van der Waals surface area contributed by atoms with Gasteiger partial charge in [0.1, 0.15) is 5.92 Å². The van der Waals surface area contributed by atoms with Gasteiger partial charge in [0.15, 0.2) is 5.78 Å². The highest BCUT2D eigenvalue weighted by Crippen LogP contribution is 2.45. The predicted octanol–water partition coefficient (Wildman–Crippen LogP) is 4.02. The Labute approximate surface area is 184 Å². The number of ether oxygens (including phenoxy) is 2. The molecule has 1 aromatic rings. The number of methoxy groups -OCH3 is 1. The fourth-order valence-electron chi connectivity index (χ4n) is 4.24. The smallest absolute Gasteiger partial charge is 0.336 e. The van der Waals surface area contributed by atoms with E-state index in [-0.39, 0.29) is 11.7 Å². The minimum Gasteiger partial charge on any atom is -0.468 e. The van der Waals surface area contributed by atoms with Crippen molar-refractivity contribution in [2.45, 2.75) is 39.5 Å². The van der Waals surface area contributed by atoms with Crippen molar-refractivity contribution in [1.29, 1.82) is 0 Å². The third-order valence-corrected chi connectivity index (χ3v) is 6.08. The highest BCUT2D eigenvalue weighted by atomic mass is 79.9. The van der Waals surface area contributed by atoms with Crippen molar-refractivity contribution in [3.05, 3.63) is 56.8 Å². The summed E-state index contributed by atoms with van der Waals surface area (Å²) in [4.78, 5) is 38.9. The van der Waals surface area contributed by atoms with Crippen LogP contribution < -0.4 is 5.32 Å². The molecule has 30 heavy (non-hydrogen) atoms. The van der Waals surface area contributed by atoms with E-state index in [0.29, 0.717) is 36.3 Å². The Kier molecular flexibility index (Phi) is 6.81. The quantitative estimate of drug-likeness (QED) is 0.511. The monoisotopic (exact) mass is 475 g/mol. The van der Waals surface area contributed by atoms with Gasteiger partial charge in [0.2, 0.25) is 0 Å². The van der Waals surface area contributed by atoms with Gasteiger partial charge in [-0.25, -0.2) is 4.79 Å². The zero-order chi connectivity index (χ0) is 22.0. The van der Waals surface area contributed by atoms with Gasteiger partial charge in [-0.3, -0.25) is 9.59 Å². The lowest BCUT2D eigenvalue weighted by atomic mass is 9.69. The van der Waals surface area contributed by atoms with E-state index in [1.165, 1.54) is 7.11 Å². The lowest BCUT2D eigenvalue weighted by molar-refractivity contribution is -0.151. The van der Waals surface area contributed by atoms with E-state index in [1.807, 2.05) is 45.0 Å². The van der Waals surface area contributed by atoms with E-state index in [9.17, 15) is 14.4 Å². The first-order valence-corrected chi connectivity index (χ1v) is 10.8. The lowest BCUT2D eigenvalue weighted by Gasteiger charge is -2.38. The summed E-state index contributed by atoms with van der Waals surface area (Å²) < 4.78 is 11.2.